The fourth-order valence-electron chi connectivity index (χ4n) is 1.77. The summed E-state index contributed by atoms with van der Waals surface area (Å²) in [4.78, 5) is 0. The summed E-state index contributed by atoms with van der Waals surface area (Å²) in [5.74, 6) is 0.800. The van der Waals surface area contributed by atoms with Crippen molar-refractivity contribution in [2.24, 2.45) is 11.1 Å². The van der Waals surface area contributed by atoms with Crippen molar-refractivity contribution in [3.8, 4) is 0 Å². The van der Waals surface area contributed by atoms with Gasteiger partial charge in [0, 0.05) is 5.41 Å². The van der Waals surface area contributed by atoms with Gasteiger partial charge >= 0.3 is 0 Å². The summed E-state index contributed by atoms with van der Waals surface area (Å²) in [5.41, 5.74) is 5.59. The van der Waals surface area contributed by atoms with E-state index >= 15 is 0 Å². The standard InChI is InChI=1S/C10H16FNO/c1-10(6-8(10)11)9(12)7-4-2-3-5-13-7/h4,8-9H,2-3,5-6,12H2,1H3. The van der Waals surface area contributed by atoms with Crippen LogP contribution in [-0.2, 0) is 4.74 Å². The highest BCUT2D eigenvalue weighted by Crippen LogP contribution is 2.52. The average molecular weight is 185 g/mol. The van der Waals surface area contributed by atoms with Crippen LogP contribution in [0.5, 0.6) is 0 Å². The van der Waals surface area contributed by atoms with Crippen LogP contribution >= 0.6 is 0 Å². The molecule has 1 fully saturated rings. The molecule has 74 valence electrons. The number of alkyl halides is 1. The quantitative estimate of drug-likeness (QED) is 0.711. The number of allylic oxidation sites excluding steroid dienone is 1. The molecule has 1 saturated carbocycles. The predicted molar refractivity (Wildman–Crippen MR) is 48.9 cm³/mol. The Morgan fingerprint density at radius 3 is 2.92 bits per heavy atom. The first-order chi connectivity index (χ1) is 6.14. The molecule has 0 amide bonds. The monoisotopic (exact) mass is 185 g/mol. The summed E-state index contributed by atoms with van der Waals surface area (Å²) in [6.07, 6.45) is 3.90. The Labute approximate surface area is 77.9 Å². The van der Waals surface area contributed by atoms with Crippen LogP contribution < -0.4 is 5.73 Å². The zero-order chi connectivity index (χ0) is 9.47. The number of ether oxygens (including phenoxy) is 1. The smallest absolute Gasteiger partial charge is 0.109 e. The van der Waals surface area contributed by atoms with E-state index in [2.05, 4.69) is 0 Å². The topological polar surface area (TPSA) is 35.2 Å². The molecule has 3 atom stereocenters. The van der Waals surface area contributed by atoms with Gasteiger partial charge in [-0.3, -0.25) is 0 Å². The lowest BCUT2D eigenvalue weighted by Gasteiger charge is -2.24. The van der Waals surface area contributed by atoms with Crippen molar-refractivity contribution in [1.29, 1.82) is 0 Å². The van der Waals surface area contributed by atoms with Gasteiger partial charge in [0.2, 0.25) is 0 Å². The summed E-state index contributed by atoms with van der Waals surface area (Å²) >= 11 is 0. The minimum Gasteiger partial charge on any atom is -0.497 e. The van der Waals surface area contributed by atoms with Gasteiger partial charge in [0.1, 0.15) is 11.9 Å². The number of hydrogen-bond donors (Lipinski definition) is 1. The lowest BCUT2D eigenvalue weighted by atomic mass is 9.96. The van der Waals surface area contributed by atoms with Crippen LogP contribution in [0.4, 0.5) is 4.39 Å². The van der Waals surface area contributed by atoms with Crippen molar-refractivity contribution >= 4 is 0 Å². The molecule has 0 bridgehead atoms. The second-order valence-electron chi connectivity index (χ2n) is 4.25. The fourth-order valence-corrected chi connectivity index (χ4v) is 1.77. The van der Waals surface area contributed by atoms with Gasteiger partial charge in [-0.15, -0.1) is 0 Å². The van der Waals surface area contributed by atoms with Crippen LogP contribution in [0.1, 0.15) is 26.2 Å². The Bertz CT molecular complexity index is 241. The Morgan fingerprint density at radius 1 is 1.77 bits per heavy atom. The van der Waals surface area contributed by atoms with E-state index in [4.69, 9.17) is 10.5 Å². The van der Waals surface area contributed by atoms with Crippen LogP contribution in [0.2, 0.25) is 0 Å². The predicted octanol–water partition coefficient (Wildman–Crippen LogP) is 1.76. The third kappa shape index (κ3) is 1.46. The first kappa shape index (κ1) is 9.00. The maximum absolute atomic E-state index is 13.0. The Morgan fingerprint density at radius 2 is 2.46 bits per heavy atom. The summed E-state index contributed by atoms with van der Waals surface area (Å²) in [6, 6.07) is -0.247. The number of rotatable bonds is 2. The largest absolute Gasteiger partial charge is 0.497 e. The minimum absolute atomic E-state index is 0.247. The molecule has 0 aromatic rings. The first-order valence-corrected chi connectivity index (χ1v) is 4.87. The Hall–Kier alpha value is -0.570. The van der Waals surface area contributed by atoms with Crippen molar-refractivity contribution in [3.63, 3.8) is 0 Å². The van der Waals surface area contributed by atoms with E-state index in [0.717, 1.165) is 25.2 Å². The van der Waals surface area contributed by atoms with Crippen LogP contribution in [-0.4, -0.2) is 18.8 Å². The zero-order valence-corrected chi connectivity index (χ0v) is 7.92. The van der Waals surface area contributed by atoms with Gasteiger partial charge in [-0.25, -0.2) is 4.39 Å². The van der Waals surface area contributed by atoms with Crippen molar-refractivity contribution in [3.05, 3.63) is 11.8 Å². The van der Waals surface area contributed by atoms with Gasteiger partial charge in [0.15, 0.2) is 0 Å². The fraction of sp³-hybridized carbons (Fsp3) is 0.800. The first-order valence-electron chi connectivity index (χ1n) is 4.87. The summed E-state index contributed by atoms with van der Waals surface area (Å²) < 4.78 is 18.4. The van der Waals surface area contributed by atoms with Crippen molar-refractivity contribution in [2.45, 2.75) is 38.4 Å². The average Bonchev–Trinajstić information content (AvgIpc) is 2.76. The van der Waals surface area contributed by atoms with E-state index in [0.29, 0.717) is 6.42 Å². The molecule has 2 rings (SSSR count). The zero-order valence-electron chi connectivity index (χ0n) is 7.92. The molecule has 3 heteroatoms. The van der Waals surface area contributed by atoms with Crippen molar-refractivity contribution < 1.29 is 9.13 Å². The molecule has 0 saturated heterocycles. The van der Waals surface area contributed by atoms with Crippen LogP contribution in [0.25, 0.3) is 0 Å². The Kier molecular flexibility index (Phi) is 2.06. The number of halogens is 1. The molecule has 0 aromatic heterocycles. The molecule has 2 nitrogen and oxygen atoms in total. The van der Waals surface area contributed by atoms with E-state index in [9.17, 15) is 4.39 Å². The molecule has 1 aliphatic heterocycles. The van der Waals surface area contributed by atoms with Gasteiger partial charge in [-0.05, 0) is 25.3 Å². The van der Waals surface area contributed by atoms with Crippen LogP contribution in [0.3, 0.4) is 0 Å². The van der Waals surface area contributed by atoms with E-state index in [-0.39, 0.29) is 11.5 Å². The van der Waals surface area contributed by atoms with Gasteiger partial charge < -0.3 is 10.5 Å². The maximum atomic E-state index is 13.0. The number of hydrogen-bond acceptors (Lipinski definition) is 2. The SMILES string of the molecule is CC1(C(N)C2=CCCCO2)CC1F. The van der Waals surface area contributed by atoms with Crippen molar-refractivity contribution in [2.75, 3.05) is 6.61 Å². The third-order valence-corrected chi connectivity index (χ3v) is 3.15. The number of nitrogens with two attached hydrogens (primary N) is 1. The van der Waals surface area contributed by atoms with E-state index in [1.165, 1.54) is 0 Å². The van der Waals surface area contributed by atoms with E-state index in [1.54, 1.807) is 0 Å². The van der Waals surface area contributed by atoms with Gasteiger partial charge in [-0.1, -0.05) is 6.92 Å². The molecule has 13 heavy (non-hydrogen) atoms. The molecule has 1 aliphatic carbocycles. The second kappa shape index (κ2) is 2.98. The van der Waals surface area contributed by atoms with Crippen molar-refractivity contribution in [1.82, 2.24) is 0 Å². The normalized spacial score (nSPS) is 40.5. The highest BCUT2D eigenvalue weighted by Gasteiger charge is 2.56. The molecule has 0 radical (unpaired) electrons. The van der Waals surface area contributed by atoms with E-state index in [1.807, 2.05) is 13.0 Å². The molecule has 0 aromatic carbocycles. The summed E-state index contributed by atoms with van der Waals surface area (Å²) in [7, 11) is 0. The maximum Gasteiger partial charge on any atom is 0.109 e. The van der Waals surface area contributed by atoms with Crippen LogP contribution in [0, 0.1) is 5.41 Å². The van der Waals surface area contributed by atoms with Gasteiger partial charge in [0.25, 0.3) is 0 Å². The molecule has 2 aliphatic rings. The minimum atomic E-state index is -0.742. The molecule has 2 N–H and O–H groups in total. The molecular weight excluding hydrogens is 169 g/mol. The third-order valence-electron chi connectivity index (χ3n) is 3.15. The molecule has 1 heterocycles. The lowest BCUT2D eigenvalue weighted by Crippen LogP contribution is -2.35. The van der Waals surface area contributed by atoms with E-state index < -0.39 is 6.17 Å². The highest BCUT2D eigenvalue weighted by molar-refractivity contribution is 5.18. The second-order valence-corrected chi connectivity index (χ2v) is 4.25. The summed E-state index contributed by atoms with van der Waals surface area (Å²) in [6.45, 7) is 2.62. The molecule has 3 unspecified atom stereocenters. The molecular formula is C10H16FNO. The van der Waals surface area contributed by atoms with Gasteiger partial charge in [0.05, 0.1) is 12.6 Å². The Balaban J connectivity index is 2.04. The summed E-state index contributed by atoms with van der Waals surface area (Å²) in [5, 5.41) is 0. The highest BCUT2D eigenvalue weighted by atomic mass is 19.1. The van der Waals surface area contributed by atoms with Crippen LogP contribution in [0.15, 0.2) is 11.8 Å². The lowest BCUT2D eigenvalue weighted by molar-refractivity contribution is 0.154. The van der Waals surface area contributed by atoms with Gasteiger partial charge in [-0.2, -0.15) is 0 Å². The molecule has 0 spiro atoms.